The van der Waals surface area contributed by atoms with Crippen LogP contribution < -0.4 is 15.4 Å². The number of ether oxygens (including phenoxy) is 2. The van der Waals surface area contributed by atoms with Gasteiger partial charge in [-0.05, 0) is 60.7 Å². The van der Waals surface area contributed by atoms with Crippen LogP contribution in [-0.2, 0) is 4.74 Å². The van der Waals surface area contributed by atoms with E-state index in [2.05, 4.69) is 0 Å². The van der Waals surface area contributed by atoms with Gasteiger partial charge in [-0.15, -0.1) is 0 Å². The van der Waals surface area contributed by atoms with E-state index in [-0.39, 0.29) is 16.7 Å². The first-order chi connectivity index (χ1) is 14.0. The lowest BCUT2D eigenvalue weighted by Gasteiger charge is -2.14. The minimum Gasteiger partial charge on any atom is -0.465 e. The first-order valence-electron chi connectivity index (χ1n) is 8.72. The minimum atomic E-state index is -0.553. The summed E-state index contributed by atoms with van der Waals surface area (Å²) in [5, 5.41) is 0. The Morgan fingerprint density at radius 1 is 0.862 bits per heavy atom. The summed E-state index contributed by atoms with van der Waals surface area (Å²) >= 11 is 0. The number of nitrogen functional groups attached to an aromatic ring is 1. The van der Waals surface area contributed by atoms with Crippen LogP contribution in [0.25, 0.3) is 0 Å². The first kappa shape index (κ1) is 18.2. The van der Waals surface area contributed by atoms with E-state index in [1.165, 1.54) is 19.2 Å². The van der Waals surface area contributed by atoms with Gasteiger partial charge in [-0.25, -0.2) is 9.69 Å². The largest absolute Gasteiger partial charge is 0.465 e. The van der Waals surface area contributed by atoms with Gasteiger partial charge in [-0.1, -0.05) is 6.07 Å². The van der Waals surface area contributed by atoms with Crippen molar-refractivity contribution in [2.45, 2.75) is 0 Å². The molecule has 3 aromatic rings. The summed E-state index contributed by atoms with van der Waals surface area (Å²) < 4.78 is 10.4. The monoisotopic (exact) mass is 388 g/mol. The number of nitrogens with zero attached hydrogens (tertiary/aromatic N) is 1. The Hall–Kier alpha value is -4.13. The van der Waals surface area contributed by atoms with Crippen molar-refractivity contribution in [1.29, 1.82) is 0 Å². The fourth-order valence-electron chi connectivity index (χ4n) is 3.08. The fourth-order valence-corrected chi connectivity index (χ4v) is 3.08. The van der Waals surface area contributed by atoms with Gasteiger partial charge < -0.3 is 15.2 Å². The van der Waals surface area contributed by atoms with Crippen molar-refractivity contribution in [3.8, 4) is 11.5 Å². The van der Waals surface area contributed by atoms with Crippen molar-refractivity contribution < 1.29 is 23.9 Å². The Bertz CT molecular complexity index is 1140. The van der Waals surface area contributed by atoms with Crippen molar-refractivity contribution in [2.75, 3.05) is 17.7 Å². The van der Waals surface area contributed by atoms with Crippen molar-refractivity contribution in [3.63, 3.8) is 0 Å². The number of imide groups is 1. The third-order valence-electron chi connectivity index (χ3n) is 4.50. The summed E-state index contributed by atoms with van der Waals surface area (Å²) in [6.45, 7) is 0. The van der Waals surface area contributed by atoms with E-state index in [9.17, 15) is 14.4 Å². The second kappa shape index (κ2) is 7.12. The molecule has 0 bridgehead atoms. The molecule has 4 rings (SSSR count). The Morgan fingerprint density at radius 2 is 1.55 bits per heavy atom. The quantitative estimate of drug-likeness (QED) is 0.416. The van der Waals surface area contributed by atoms with E-state index in [1.807, 2.05) is 0 Å². The van der Waals surface area contributed by atoms with E-state index in [0.29, 0.717) is 22.9 Å². The maximum atomic E-state index is 12.9. The van der Waals surface area contributed by atoms with Crippen molar-refractivity contribution in [3.05, 3.63) is 83.4 Å². The number of carbonyl (C=O) groups excluding carboxylic acids is 3. The highest BCUT2D eigenvalue weighted by molar-refractivity contribution is 6.34. The van der Waals surface area contributed by atoms with Crippen LogP contribution in [-0.4, -0.2) is 24.9 Å². The molecule has 0 aromatic heterocycles. The molecule has 144 valence electrons. The second-order valence-electron chi connectivity index (χ2n) is 6.37. The van der Waals surface area contributed by atoms with E-state index in [4.69, 9.17) is 15.2 Å². The zero-order valence-corrected chi connectivity index (χ0v) is 15.4. The second-order valence-corrected chi connectivity index (χ2v) is 6.37. The number of amides is 2. The molecule has 0 fully saturated rings. The molecule has 1 aliphatic heterocycles. The number of carbonyl (C=O) groups is 3. The summed E-state index contributed by atoms with van der Waals surface area (Å²) in [5.41, 5.74) is 7.30. The third-order valence-corrected chi connectivity index (χ3v) is 4.50. The van der Waals surface area contributed by atoms with Crippen LogP contribution in [0.5, 0.6) is 11.5 Å². The number of hydrogen-bond acceptors (Lipinski definition) is 6. The number of benzene rings is 3. The molecule has 0 spiro atoms. The summed E-state index contributed by atoms with van der Waals surface area (Å²) in [6.07, 6.45) is 0. The number of rotatable bonds is 4. The van der Waals surface area contributed by atoms with Gasteiger partial charge in [0.25, 0.3) is 11.8 Å². The molecule has 0 saturated carbocycles. The van der Waals surface area contributed by atoms with Crippen LogP contribution in [0.15, 0.2) is 66.7 Å². The molecule has 1 aliphatic rings. The molecule has 2 N–H and O–H groups in total. The smallest absolute Gasteiger partial charge is 0.337 e. The highest BCUT2D eigenvalue weighted by Crippen LogP contribution is 2.32. The summed E-state index contributed by atoms with van der Waals surface area (Å²) in [4.78, 5) is 38.5. The van der Waals surface area contributed by atoms with Gasteiger partial charge in [0.15, 0.2) is 0 Å². The molecule has 2 amide bonds. The molecule has 7 heteroatoms. The summed E-state index contributed by atoms with van der Waals surface area (Å²) in [5.74, 6) is -0.540. The Morgan fingerprint density at radius 3 is 2.28 bits per heavy atom. The van der Waals surface area contributed by atoms with Crippen LogP contribution in [0.1, 0.15) is 31.1 Å². The molecule has 0 atom stereocenters. The summed E-state index contributed by atoms with van der Waals surface area (Å²) in [6, 6.07) is 17.7. The molecular weight excluding hydrogens is 372 g/mol. The number of hydrogen-bond donors (Lipinski definition) is 1. The first-order valence-corrected chi connectivity index (χ1v) is 8.72. The fraction of sp³-hybridized carbons (Fsp3) is 0.0455. The van der Waals surface area contributed by atoms with Crippen LogP contribution >= 0.6 is 0 Å². The minimum absolute atomic E-state index is 0.228. The normalized spacial score (nSPS) is 12.7. The molecule has 0 radical (unpaired) electrons. The molecule has 3 aromatic carbocycles. The van der Waals surface area contributed by atoms with Crippen LogP contribution in [0.3, 0.4) is 0 Å². The van der Waals surface area contributed by atoms with E-state index >= 15 is 0 Å². The highest BCUT2D eigenvalue weighted by Gasteiger charge is 2.37. The van der Waals surface area contributed by atoms with Gasteiger partial charge >= 0.3 is 5.97 Å². The third kappa shape index (κ3) is 3.29. The molecule has 0 saturated heterocycles. The molecule has 0 aliphatic carbocycles. The number of fused-ring (bicyclic) bond motifs is 1. The molecule has 29 heavy (non-hydrogen) atoms. The summed E-state index contributed by atoms with van der Waals surface area (Å²) in [7, 11) is 1.26. The maximum Gasteiger partial charge on any atom is 0.337 e. The number of esters is 1. The van der Waals surface area contributed by atoms with Crippen LogP contribution in [0.4, 0.5) is 11.4 Å². The van der Waals surface area contributed by atoms with Crippen molar-refractivity contribution in [1.82, 2.24) is 0 Å². The zero-order valence-electron chi connectivity index (χ0n) is 15.4. The van der Waals surface area contributed by atoms with Gasteiger partial charge in [0.05, 0.1) is 29.5 Å². The van der Waals surface area contributed by atoms with Crippen molar-refractivity contribution in [2.24, 2.45) is 0 Å². The van der Waals surface area contributed by atoms with Gasteiger partial charge in [-0.3, -0.25) is 9.59 Å². The number of nitrogens with two attached hydrogens (primary N) is 1. The lowest BCUT2D eigenvalue weighted by atomic mass is 10.1. The highest BCUT2D eigenvalue weighted by atomic mass is 16.5. The zero-order chi connectivity index (χ0) is 20.5. The predicted molar refractivity (Wildman–Crippen MR) is 106 cm³/mol. The maximum absolute atomic E-state index is 12.9. The lowest BCUT2D eigenvalue weighted by Crippen LogP contribution is -2.29. The SMILES string of the molecule is COC(=O)c1cccc(N2C(=O)c3ccc(Oc4ccc(N)cc4)cc3C2=O)c1. The number of methoxy groups -OCH3 is 1. The average Bonchev–Trinajstić information content (AvgIpc) is 2.99. The van der Waals surface area contributed by atoms with Gasteiger partial charge in [-0.2, -0.15) is 0 Å². The number of anilines is 2. The van der Waals surface area contributed by atoms with Gasteiger partial charge in [0.1, 0.15) is 11.5 Å². The van der Waals surface area contributed by atoms with Gasteiger partial charge in [0.2, 0.25) is 0 Å². The molecular formula is C22H16N2O5. The Balaban J connectivity index is 1.65. The van der Waals surface area contributed by atoms with E-state index < -0.39 is 17.8 Å². The predicted octanol–water partition coefficient (Wildman–Crippen LogP) is 3.65. The Labute approximate surface area is 166 Å². The average molecular weight is 388 g/mol. The van der Waals surface area contributed by atoms with Crippen LogP contribution in [0, 0.1) is 0 Å². The molecule has 7 nitrogen and oxygen atoms in total. The molecule has 0 unspecified atom stereocenters. The van der Waals surface area contributed by atoms with Crippen LogP contribution in [0.2, 0.25) is 0 Å². The topological polar surface area (TPSA) is 98.9 Å². The van der Waals surface area contributed by atoms with Gasteiger partial charge in [0, 0.05) is 5.69 Å². The Kier molecular flexibility index (Phi) is 4.48. The van der Waals surface area contributed by atoms with E-state index in [1.54, 1.807) is 54.6 Å². The van der Waals surface area contributed by atoms with E-state index in [0.717, 1.165) is 4.90 Å². The lowest BCUT2D eigenvalue weighted by molar-refractivity contribution is 0.0600. The van der Waals surface area contributed by atoms with Crippen molar-refractivity contribution >= 4 is 29.2 Å². The molecule has 1 heterocycles. The standard InChI is InChI=1S/C22H16N2O5/c1-28-22(27)13-3-2-4-15(11-13)24-20(25)18-10-9-17(12-19(18)21(24)26)29-16-7-5-14(23)6-8-16/h2-12H,23H2,1H3.